The van der Waals surface area contributed by atoms with E-state index in [1.165, 1.54) is 18.6 Å². The van der Waals surface area contributed by atoms with Gasteiger partial charge in [0.1, 0.15) is 33.9 Å². The maximum absolute atomic E-state index is 16.9. The third-order valence-corrected chi connectivity index (χ3v) is 12.8. The van der Waals surface area contributed by atoms with Gasteiger partial charge in [-0.25, -0.2) is 8.78 Å². The SMILES string of the molecule is C=Nc1sc2c(F)ccc(-c3ncc4c(N(C)CC5(N(C)C)CCC5)nc(OCC5(CN6C7CCCC6COC7)CC5)nc4c3F)c2c1C#N. The van der Waals surface area contributed by atoms with E-state index in [1.807, 2.05) is 7.05 Å². The lowest BCUT2D eigenvalue weighted by Gasteiger charge is -2.49. The van der Waals surface area contributed by atoms with Gasteiger partial charge in [0, 0.05) is 60.3 Å². The number of nitriles is 1. The first-order chi connectivity index (χ1) is 24.2. The van der Waals surface area contributed by atoms with Gasteiger partial charge in [0.15, 0.2) is 5.82 Å². The number of halogens is 2. The lowest BCUT2D eigenvalue weighted by atomic mass is 9.75. The molecule has 0 amide bonds. The Morgan fingerprint density at radius 3 is 2.52 bits per heavy atom. The summed E-state index contributed by atoms with van der Waals surface area (Å²) >= 11 is 1.01. The molecule has 4 aliphatic rings. The van der Waals surface area contributed by atoms with Crippen molar-refractivity contribution in [1.82, 2.24) is 24.8 Å². The highest BCUT2D eigenvalue weighted by atomic mass is 32.1. The lowest BCUT2D eigenvalue weighted by Crippen LogP contribution is -2.57. The smallest absolute Gasteiger partial charge is 0.319 e. The Morgan fingerprint density at radius 2 is 1.88 bits per heavy atom. The van der Waals surface area contributed by atoms with Crippen molar-refractivity contribution in [2.75, 3.05) is 59.0 Å². The van der Waals surface area contributed by atoms with E-state index in [4.69, 9.17) is 14.5 Å². The summed E-state index contributed by atoms with van der Waals surface area (Å²) in [6.45, 7) is 7.19. The summed E-state index contributed by atoms with van der Waals surface area (Å²) in [5.74, 6) is -0.670. The minimum atomic E-state index is -0.686. The van der Waals surface area contributed by atoms with Crippen molar-refractivity contribution in [1.29, 1.82) is 5.26 Å². The van der Waals surface area contributed by atoms with E-state index >= 15 is 4.39 Å². The number of nitrogens with zero attached hydrogens (tertiary/aromatic N) is 8. The predicted molar refractivity (Wildman–Crippen MR) is 192 cm³/mol. The number of likely N-dealkylation sites (N-methyl/N-ethyl adjacent to an activating group) is 2. The minimum absolute atomic E-state index is 0.00167. The molecule has 2 saturated carbocycles. The van der Waals surface area contributed by atoms with E-state index in [0.717, 1.165) is 76.0 Å². The second-order valence-corrected chi connectivity index (χ2v) is 15.9. The molecular formula is C37H42F2N8O2S. The average Bonchev–Trinajstić information content (AvgIpc) is 3.74. The largest absolute Gasteiger partial charge is 0.463 e. The summed E-state index contributed by atoms with van der Waals surface area (Å²) in [5, 5.41) is 11.0. The summed E-state index contributed by atoms with van der Waals surface area (Å²) in [4.78, 5) is 25.1. The van der Waals surface area contributed by atoms with Crippen LogP contribution in [0.4, 0.5) is 19.6 Å². The Kier molecular flexibility index (Phi) is 8.49. The fourth-order valence-corrected chi connectivity index (χ4v) is 9.28. The topological polar surface area (TPSA) is 103 Å². The Bertz CT molecular complexity index is 2000. The van der Waals surface area contributed by atoms with Crippen molar-refractivity contribution in [3.05, 3.63) is 35.5 Å². The number of thiophene rings is 1. The first-order valence-corrected chi connectivity index (χ1v) is 18.3. The van der Waals surface area contributed by atoms with Crippen molar-refractivity contribution in [3.8, 4) is 23.3 Å². The second kappa shape index (κ2) is 12.7. The highest BCUT2D eigenvalue weighted by Gasteiger charge is 2.49. The molecule has 50 heavy (non-hydrogen) atoms. The number of rotatable bonds is 11. The quantitative estimate of drug-likeness (QED) is 0.158. The van der Waals surface area contributed by atoms with E-state index in [-0.39, 0.29) is 54.4 Å². The first kappa shape index (κ1) is 33.3. The fourth-order valence-electron chi connectivity index (χ4n) is 8.29. The molecule has 10 nitrogen and oxygen atoms in total. The van der Waals surface area contributed by atoms with Crippen LogP contribution >= 0.6 is 11.3 Å². The van der Waals surface area contributed by atoms with Gasteiger partial charge in [-0.1, -0.05) is 6.42 Å². The number of morpholine rings is 1. The van der Waals surface area contributed by atoms with Crippen LogP contribution in [0.5, 0.6) is 6.01 Å². The fraction of sp³-hybridized carbons (Fsp3) is 0.541. The number of aliphatic imine (C=N–C) groups is 1. The zero-order valence-electron chi connectivity index (χ0n) is 28.8. The third kappa shape index (κ3) is 5.61. The number of benzene rings is 1. The van der Waals surface area contributed by atoms with Crippen molar-refractivity contribution < 1.29 is 18.3 Å². The Morgan fingerprint density at radius 1 is 1.12 bits per heavy atom. The molecule has 2 aliphatic heterocycles. The van der Waals surface area contributed by atoms with E-state index in [9.17, 15) is 9.65 Å². The number of pyridine rings is 1. The maximum atomic E-state index is 16.9. The highest BCUT2D eigenvalue weighted by molar-refractivity contribution is 7.23. The number of hydrogen-bond donors (Lipinski definition) is 0. The van der Waals surface area contributed by atoms with Gasteiger partial charge in [0.2, 0.25) is 0 Å². The van der Waals surface area contributed by atoms with E-state index < -0.39 is 11.6 Å². The molecule has 2 atom stereocenters. The molecule has 5 heterocycles. The Balaban J connectivity index is 1.18. The third-order valence-electron chi connectivity index (χ3n) is 11.7. The van der Waals surface area contributed by atoms with E-state index in [1.54, 1.807) is 6.20 Å². The number of ether oxygens (including phenoxy) is 2. The molecule has 3 aromatic heterocycles. The molecule has 13 heteroatoms. The minimum Gasteiger partial charge on any atom is -0.463 e. The molecule has 0 N–H and O–H groups in total. The van der Waals surface area contributed by atoms with Crippen LogP contribution in [0.15, 0.2) is 23.3 Å². The number of aromatic nitrogens is 3. The van der Waals surface area contributed by atoms with Gasteiger partial charge in [-0.2, -0.15) is 15.2 Å². The first-order valence-electron chi connectivity index (χ1n) is 17.5. The maximum Gasteiger partial charge on any atom is 0.319 e. The second-order valence-electron chi connectivity index (χ2n) is 14.9. The zero-order valence-corrected chi connectivity index (χ0v) is 29.7. The molecule has 2 bridgehead atoms. The number of anilines is 1. The van der Waals surface area contributed by atoms with Crippen LogP contribution in [0, 0.1) is 28.4 Å². The highest BCUT2D eigenvalue weighted by Crippen LogP contribution is 2.49. The molecule has 2 unspecified atom stereocenters. The molecule has 4 aromatic rings. The molecule has 0 spiro atoms. The van der Waals surface area contributed by atoms with Gasteiger partial charge >= 0.3 is 6.01 Å². The Hall–Kier alpha value is -3.83. The van der Waals surface area contributed by atoms with Crippen LogP contribution < -0.4 is 9.64 Å². The number of hydrogen-bond acceptors (Lipinski definition) is 11. The van der Waals surface area contributed by atoms with Crippen molar-refractivity contribution in [3.63, 3.8) is 0 Å². The van der Waals surface area contributed by atoms with Crippen LogP contribution in [0.2, 0.25) is 0 Å². The van der Waals surface area contributed by atoms with Gasteiger partial charge in [-0.3, -0.25) is 14.9 Å². The average molecular weight is 701 g/mol. The van der Waals surface area contributed by atoms with Gasteiger partial charge in [-0.15, -0.1) is 11.3 Å². The summed E-state index contributed by atoms with van der Waals surface area (Å²) in [5.41, 5.74) is 0.435. The molecule has 1 aromatic carbocycles. The van der Waals surface area contributed by atoms with E-state index in [0.29, 0.717) is 36.4 Å². The van der Waals surface area contributed by atoms with Crippen molar-refractivity contribution in [2.24, 2.45) is 10.4 Å². The van der Waals surface area contributed by atoms with Gasteiger partial charge < -0.3 is 19.3 Å². The van der Waals surface area contributed by atoms with Crippen LogP contribution in [0.25, 0.3) is 32.2 Å². The molecule has 4 fully saturated rings. The number of fused-ring (bicyclic) bond motifs is 4. The van der Waals surface area contributed by atoms with Gasteiger partial charge in [-0.05, 0) is 77.9 Å². The molecule has 8 rings (SSSR count). The van der Waals surface area contributed by atoms with Crippen molar-refractivity contribution in [2.45, 2.75) is 69.0 Å². The van der Waals surface area contributed by atoms with Crippen molar-refractivity contribution >= 4 is 49.9 Å². The Labute approximate surface area is 294 Å². The summed E-state index contributed by atoms with van der Waals surface area (Å²) in [6.07, 6.45) is 10.5. The molecule has 2 aliphatic carbocycles. The predicted octanol–water partition coefficient (Wildman–Crippen LogP) is 6.72. The standard InChI is InChI=1S/C37H42F2N8O2S/c1-41-34-25(15-40)28-24(9-10-27(38)32(28)50-34)30-29(39)31-26(16-42-30)33(46(4)20-37(45(2)3)11-6-12-37)44-35(43-31)49-21-36(13-14-36)19-47-22-7-5-8-23(47)18-48-17-22/h9-10,16,22-23H,1,5-8,11-14,17-21H2,2-4H3. The molecule has 0 radical (unpaired) electrons. The lowest BCUT2D eigenvalue weighted by molar-refractivity contribution is -0.0831. The number of piperidine rings is 1. The molecule has 2 saturated heterocycles. The molecule has 262 valence electrons. The van der Waals surface area contributed by atoms with E-state index in [2.05, 4.69) is 56.5 Å². The van der Waals surface area contributed by atoms with Crippen LogP contribution in [-0.4, -0.2) is 103 Å². The summed E-state index contributed by atoms with van der Waals surface area (Å²) in [6, 6.07) is 5.85. The van der Waals surface area contributed by atoms with Crippen LogP contribution in [0.1, 0.15) is 56.9 Å². The normalized spacial score (nSPS) is 22.3. The zero-order chi connectivity index (χ0) is 34.8. The van der Waals surface area contributed by atoms with Gasteiger partial charge in [0.05, 0.1) is 35.5 Å². The summed E-state index contributed by atoms with van der Waals surface area (Å²) in [7, 11) is 6.17. The van der Waals surface area contributed by atoms with Gasteiger partial charge in [0.25, 0.3) is 0 Å². The van der Waals surface area contributed by atoms with Crippen LogP contribution in [0.3, 0.4) is 0 Å². The molecular weight excluding hydrogens is 659 g/mol. The monoisotopic (exact) mass is 700 g/mol. The van der Waals surface area contributed by atoms with Crippen LogP contribution in [-0.2, 0) is 4.74 Å². The summed E-state index contributed by atoms with van der Waals surface area (Å²) < 4.78 is 44.5.